The summed E-state index contributed by atoms with van der Waals surface area (Å²) in [5, 5.41) is 17.3. The second-order valence-corrected chi connectivity index (χ2v) is 10.4. The van der Waals surface area contributed by atoms with Crippen LogP contribution in [-0.4, -0.2) is 49.3 Å². The Morgan fingerprint density at radius 2 is 1.82 bits per heavy atom. The largest absolute Gasteiger partial charge is 0.494 e. The van der Waals surface area contributed by atoms with Crippen molar-refractivity contribution in [2.75, 3.05) is 25.6 Å². The Hall–Kier alpha value is -3.84. The van der Waals surface area contributed by atoms with Gasteiger partial charge in [0.2, 0.25) is 0 Å². The van der Waals surface area contributed by atoms with E-state index in [2.05, 4.69) is 42.5 Å². The van der Waals surface area contributed by atoms with E-state index in [1.807, 2.05) is 54.6 Å². The molecule has 3 aromatic carbocycles. The van der Waals surface area contributed by atoms with Gasteiger partial charge in [-0.05, 0) is 54.2 Å². The van der Waals surface area contributed by atoms with Crippen LogP contribution in [-0.2, 0) is 26.2 Å². The van der Waals surface area contributed by atoms with E-state index in [9.17, 15) is 9.90 Å². The van der Waals surface area contributed by atoms with Crippen LogP contribution in [0, 0.1) is 0 Å². The number of aliphatic carboxylic acids is 1. The molecule has 7 nitrogen and oxygen atoms in total. The lowest BCUT2D eigenvalue weighted by atomic mass is 9.74. The maximum absolute atomic E-state index is 11.3. The number of anilines is 1. The summed E-state index contributed by atoms with van der Waals surface area (Å²) in [6, 6.07) is 24.4. The molecule has 206 valence electrons. The van der Waals surface area contributed by atoms with Gasteiger partial charge in [0.1, 0.15) is 18.6 Å². The number of carboxylic acid groups (broad SMARTS) is 1. The van der Waals surface area contributed by atoms with Crippen LogP contribution >= 0.6 is 0 Å². The predicted octanol–water partition coefficient (Wildman–Crippen LogP) is 6.05. The number of rotatable bonds is 12. The molecule has 0 saturated carbocycles. The average Bonchev–Trinajstić information content (AvgIpc) is 2.92. The standard InChI is InChI=1S/C32H38N2O5/c1-5-38-29(31(35)36)19-22-11-14-26(15-12-22)39-18-17-25-21-32(2,3)27-20-24(13-16-28(27)33-25)30(34-37-4)23-9-7-6-8-10-23/h6-16,20,25,29,33H,5,17-19,21H2,1-4H3,(H,35,36). The normalized spacial score (nSPS) is 17.0. The highest BCUT2D eigenvalue weighted by Crippen LogP contribution is 2.40. The van der Waals surface area contributed by atoms with Gasteiger partial charge in [0, 0.05) is 42.3 Å². The molecule has 2 atom stereocenters. The molecule has 0 aromatic heterocycles. The molecule has 7 heteroatoms. The molecule has 1 heterocycles. The van der Waals surface area contributed by atoms with Gasteiger partial charge in [0.15, 0.2) is 6.10 Å². The molecule has 0 amide bonds. The van der Waals surface area contributed by atoms with Crippen LogP contribution in [0.4, 0.5) is 5.69 Å². The Balaban J connectivity index is 1.38. The highest BCUT2D eigenvalue weighted by atomic mass is 16.6. The number of fused-ring (bicyclic) bond motifs is 1. The van der Waals surface area contributed by atoms with E-state index < -0.39 is 12.1 Å². The lowest BCUT2D eigenvalue weighted by molar-refractivity contribution is -0.149. The summed E-state index contributed by atoms with van der Waals surface area (Å²) in [5.41, 5.74) is 6.13. The van der Waals surface area contributed by atoms with E-state index in [1.165, 1.54) is 5.56 Å². The lowest BCUT2D eigenvalue weighted by Crippen LogP contribution is -2.37. The molecule has 1 aliphatic heterocycles. The zero-order valence-electron chi connectivity index (χ0n) is 23.1. The number of nitrogens with zero attached hydrogens (tertiary/aromatic N) is 1. The molecule has 39 heavy (non-hydrogen) atoms. The van der Waals surface area contributed by atoms with Crippen molar-refractivity contribution in [3.63, 3.8) is 0 Å². The quantitative estimate of drug-likeness (QED) is 0.219. The zero-order chi connectivity index (χ0) is 27.8. The van der Waals surface area contributed by atoms with Gasteiger partial charge >= 0.3 is 5.97 Å². The van der Waals surface area contributed by atoms with Gasteiger partial charge in [-0.3, -0.25) is 0 Å². The van der Waals surface area contributed by atoms with E-state index >= 15 is 0 Å². The van der Waals surface area contributed by atoms with Crippen LogP contribution in [0.15, 0.2) is 78.0 Å². The number of nitrogens with one attached hydrogen (secondary N) is 1. The van der Waals surface area contributed by atoms with Crippen LogP contribution in [0.2, 0.25) is 0 Å². The summed E-state index contributed by atoms with van der Waals surface area (Å²) in [7, 11) is 1.57. The Bertz CT molecular complexity index is 1270. The van der Waals surface area contributed by atoms with Gasteiger partial charge in [0.05, 0.1) is 6.61 Å². The van der Waals surface area contributed by atoms with Crippen molar-refractivity contribution in [3.8, 4) is 5.75 Å². The Kier molecular flexibility index (Phi) is 9.25. The van der Waals surface area contributed by atoms with Crippen molar-refractivity contribution >= 4 is 17.4 Å². The molecule has 3 aromatic rings. The van der Waals surface area contributed by atoms with Crippen molar-refractivity contribution in [3.05, 3.63) is 95.1 Å². The molecule has 0 radical (unpaired) electrons. The van der Waals surface area contributed by atoms with Gasteiger partial charge in [-0.25, -0.2) is 4.79 Å². The van der Waals surface area contributed by atoms with E-state index in [0.717, 1.165) is 46.7 Å². The molecule has 2 N–H and O–H groups in total. The molecule has 0 aliphatic carbocycles. The fourth-order valence-electron chi connectivity index (χ4n) is 5.18. The molecule has 2 unspecified atom stereocenters. The summed E-state index contributed by atoms with van der Waals surface area (Å²) in [6.45, 7) is 7.31. The molecule has 0 fully saturated rings. The monoisotopic (exact) mass is 530 g/mol. The van der Waals surface area contributed by atoms with Crippen molar-refractivity contribution < 1.29 is 24.2 Å². The van der Waals surface area contributed by atoms with E-state index in [4.69, 9.17) is 14.3 Å². The second-order valence-electron chi connectivity index (χ2n) is 10.4. The third kappa shape index (κ3) is 7.18. The number of hydrogen-bond acceptors (Lipinski definition) is 6. The summed E-state index contributed by atoms with van der Waals surface area (Å²) in [4.78, 5) is 16.5. The molecule has 1 aliphatic rings. The zero-order valence-corrected chi connectivity index (χ0v) is 23.1. The summed E-state index contributed by atoms with van der Waals surface area (Å²) in [6.07, 6.45) is 1.33. The van der Waals surface area contributed by atoms with Gasteiger partial charge in [-0.1, -0.05) is 67.5 Å². The number of benzene rings is 3. The van der Waals surface area contributed by atoms with E-state index in [-0.39, 0.29) is 11.5 Å². The first kappa shape index (κ1) is 28.2. The summed E-state index contributed by atoms with van der Waals surface area (Å²) >= 11 is 0. The van der Waals surface area contributed by atoms with E-state index in [0.29, 0.717) is 19.6 Å². The topological polar surface area (TPSA) is 89.4 Å². The predicted molar refractivity (Wildman–Crippen MR) is 154 cm³/mol. The molecular weight excluding hydrogens is 492 g/mol. The van der Waals surface area contributed by atoms with Gasteiger partial charge < -0.3 is 24.7 Å². The number of oxime groups is 1. The minimum absolute atomic E-state index is 0.0288. The van der Waals surface area contributed by atoms with Crippen LogP contribution < -0.4 is 10.1 Å². The first-order chi connectivity index (χ1) is 18.8. The highest BCUT2D eigenvalue weighted by molar-refractivity contribution is 6.13. The van der Waals surface area contributed by atoms with Crippen molar-refractivity contribution in [1.29, 1.82) is 0 Å². The molecule has 0 bridgehead atoms. The van der Waals surface area contributed by atoms with Crippen molar-refractivity contribution in [2.45, 2.75) is 57.6 Å². The molecule has 0 spiro atoms. The first-order valence-corrected chi connectivity index (χ1v) is 13.4. The van der Waals surface area contributed by atoms with Crippen LogP contribution in [0.25, 0.3) is 0 Å². The number of hydrogen-bond donors (Lipinski definition) is 2. The van der Waals surface area contributed by atoms with Gasteiger partial charge in [-0.15, -0.1) is 0 Å². The fraction of sp³-hybridized carbons (Fsp3) is 0.375. The van der Waals surface area contributed by atoms with Gasteiger partial charge in [0.25, 0.3) is 0 Å². The van der Waals surface area contributed by atoms with Crippen molar-refractivity contribution in [1.82, 2.24) is 0 Å². The number of carboxylic acids is 1. The molecular formula is C32H38N2O5. The number of ether oxygens (including phenoxy) is 2. The number of carbonyl (C=O) groups is 1. The van der Waals surface area contributed by atoms with Crippen LogP contribution in [0.1, 0.15) is 55.9 Å². The average molecular weight is 531 g/mol. The molecule has 0 saturated heterocycles. The van der Waals surface area contributed by atoms with Crippen molar-refractivity contribution in [2.24, 2.45) is 5.16 Å². The third-order valence-electron chi connectivity index (χ3n) is 7.09. The van der Waals surface area contributed by atoms with Crippen LogP contribution in [0.3, 0.4) is 0 Å². The Morgan fingerprint density at radius 3 is 2.49 bits per heavy atom. The molecule has 4 rings (SSSR count). The Morgan fingerprint density at radius 1 is 1.08 bits per heavy atom. The minimum atomic E-state index is -0.947. The first-order valence-electron chi connectivity index (χ1n) is 13.4. The SMILES string of the molecule is CCOC(Cc1ccc(OCCC2CC(C)(C)c3cc(C(=NOC)c4ccccc4)ccc3N2)cc1)C(=O)O. The minimum Gasteiger partial charge on any atom is -0.494 e. The second kappa shape index (κ2) is 12.8. The maximum Gasteiger partial charge on any atom is 0.333 e. The fourth-order valence-corrected chi connectivity index (χ4v) is 5.18. The lowest BCUT2D eigenvalue weighted by Gasteiger charge is -2.39. The summed E-state index contributed by atoms with van der Waals surface area (Å²) in [5.74, 6) is -0.175. The summed E-state index contributed by atoms with van der Waals surface area (Å²) < 4.78 is 11.3. The highest BCUT2D eigenvalue weighted by Gasteiger charge is 2.33. The van der Waals surface area contributed by atoms with Gasteiger partial charge in [-0.2, -0.15) is 0 Å². The van der Waals surface area contributed by atoms with E-state index in [1.54, 1.807) is 14.0 Å². The maximum atomic E-state index is 11.3. The van der Waals surface area contributed by atoms with Crippen LogP contribution in [0.5, 0.6) is 5.75 Å². The third-order valence-corrected chi connectivity index (χ3v) is 7.09. The Labute approximate surface area is 230 Å². The smallest absolute Gasteiger partial charge is 0.333 e.